The van der Waals surface area contributed by atoms with Gasteiger partial charge < -0.3 is 10.3 Å². The van der Waals surface area contributed by atoms with Gasteiger partial charge in [0.15, 0.2) is 0 Å². The minimum atomic E-state index is -0.474. The zero-order valence-electron chi connectivity index (χ0n) is 14.8. The summed E-state index contributed by atoms with van der Waals surface area (Å²) in [5.74, 6) is -0.240. The lowest BCUT2D eigenvalue weighted by Crippen LogP contribution is -2.34. The van der Waals surface area contributed by atoms with Gasteiger partial charge in [-0.3, -0.25) is 19.3 Å². The molecule has 0 aliphatic carbocycles. The van der Waals surface area contributed by atoms with Crippen LogP contribution in [-0.4, -0.2) is 32.2 Å². The highest BCUT2D eigenvalue weighted by atomic mass is 16.2. The van der Waals surface area contributed by atoms with Gasteiger partial charge in [-0.05, 0) is 50.5 Å². The van der Waals surface area contributed by atoms with Crippen molar-refractivity contribution < 1.29 is 4.79 Å². The number of H-pyrrole nitrogens is 2. The van der Waals surface area contributed by atoms with E-state index in [4.69, 9.17) is 0 Å². The highest BCUT2D eigenvalue weighted by molar-refractivity contribution is 5.97. The van der Waals surface area contributed by atoms with Crippen LogP contribution in [0.5, 0.6) is 0 Å². The van der Waals surface area contributed by atoms with Gasteiger partial charge in [0.25, 0.3) is 11.5 Å². The fourth-order valence-electron chi connectivity index (χ4n) is 2.89. The van der Waals surface area contributed by atoms with E-state index in [1.165, 1.54) is 6.07 Å². The predicted molar refractivity (Wildman–Crippen MR) is 98.5 cm³/mol. The number of rotatable bonds is 6. The second-order valence-corrected chi connectivity index (χ2v) is 6.12. The largest absolute Gasteiger partial charge is 0.352 e. The molecule has 0 aliphatic rings. The van der Waals surface area contributed by atoms with Gasteiger partial charge in [0, 0.05) is 24.3 Å². The SMILES string of the molecule is CCn1c(=O)[nH]c2cc(C(=O)NCCCc3cn[nH]c3C)ccc2c1=O. The van der Waals surface area contributed by atoms with Crippen molar-refractivity contribution in [1.82, 2.24) is 25.1 Å². The summed E-state index contributed by atoms with van der Waals surface area (Å²) in [6.07, 6.45) is 3.40. The Bertz CT molecular complexity index is 1060. The number of aryl methyl sites for hydroxylation is 2. The molecule has 2 heterocycles. The number of carbonyl (C=O) groups excluding carboxylic acids is 1. The first-order valence-electron chi connectivity index (χ1n) is 8.55. The second kappa shape index (κ2) is 7.38. The van der Waals surface area contributed by atoms with Crippen molar-refractivity contribution in [3.8, 4) is 0 Å². The maximum Gasteiger partial charge on any atom is 0.328 e. The van der Waals surface area contributed by atoms with Gasteiger partial charge in [-0.15, -0.1) is 0 Å². The fourth-order valence-corrected chi connectivity index (χ4v) is 2.89. The van der Waals surface area contributed by atoms with Crippen molar-refractivity contribution >= 4 is 16.8 Å². The first kappa shape index (κ1) is 17.7. The van der Waals surface area contributed by atoms with E-state index in [2.05, 4.69) is 20.5 Å². The van der Waals surface area contributed by atoms with Crippen molar-refractivity contribution in [2.75, 3.05) is 6.54 Å². The van der Waals surface area contributed by atoms with E-state index in [1.54, 1.807) is 25.3 Å². The number of benzene rings is 1. The number of amides is 1. The number of fused-ring (bicyclic) bond motifs is 1. The Morgan fingerprint density at radius 3 is 2.81 bits per heavy atom. The highest BCUT2D eigenvalue weighted by Crippen LogP contribution is 2.10. The first-order chi connectivity index (χ1) is 12.5. The van der Waals surface area contributed by atoms with E-state index in [0.29, 0.717) is 29.6 Å². The normalized spacial score (nSPS) is 11.0. The quantitative estimate of drug-likeness (QED) is 0.575. The lowest BCUT2D eigenvalue weighted by Gasteiger charge is -2.07. The monoisotopic (exact) mass is 355 g/mol. The zero-order chi connectivity index (χ0) is 18.7. The van der Waals surface area contributed by atoms with Crippen LogP contribution in [0.1, 0.15) is 35.0 Å². The Kier molecular flexibility index (Phi) is 5.01. The number of aromatic nitrogens is 4. The minimum Gasteiger partial charge on any atom is -0.352 e. The summed E-state index contributed by atoms with van der Waals surface area (Å²) in [5.41, 5.74) is 2.11. The van der Waals surface area contributed by atoms with Crippen molar-refractivity contribution in [3.05, 3.63) is 62.1 Å². The molecular weight excluding hydrogens is 334 g/mol. The third-order valence-electron chi connectivity index (χ3n) is 4.40. The first-order valence-corrected chi connectivity index (χ1v) is 8.55. The topological polar surface area (TPSA) is 113 Å². The number of aromatic amines is 2. The molecule has 0 aliphatic heterocycles. The molecule has 0 fully saturated rings. The van der Waals surface area contributed by atoms with Crippen LogP contribution in [0.4, 0.5) is 0 Å². The Morgan fingerprint density at radius 1 is 1.31 bits per heavy atom. The zero-order valence-corrected chi connectivity index (χ0v) is 14.8. The Balaban J connectivity index is 1.69. The molecule has 136 valence electrons. The van der Waals surface area contributed by atoms with Crippen LogP contribution in [0.25, 0.3) is 10.9 Å². The Hall–Kier alpha value is -3.16. The molecule has 8 nitrogen and oxygen atoms in total. The number of nitrogens with zero attached hydrogens (tertiary/aromatic N) is 2. The van der Waals surface area contributed by atoms with Crippen molar-refractivity contribution in [2.24, 2.45) is 0 Å². The van der Waals surface area contributed by atoms with Crippen LogP contribution < -0.4 is 16.6 Å². The Morgan fingerprint density at radius 2 is 2.12 bits per heavy atom. The van der Waals surface area contributed by atoms with Crippen molar-refractivity contribution in [2.45, 2.75) is 33.2 Å². The van der Waals surface area contributed by atoms with Crippen molar-refractivity contribution in [3.63, 3.8) is 0 Å². The number of carbonyl (C=O) groups is 1. The summed E-state index contributed by atoms with van der Waals surface area (Å²) in [6, 6.07) is 4.70. The molecule has 0 unspecified atom stereocenters. The number of hydrogen-bond acceptors (Lipinski definition) is 4. The molecule has 0 bridgehead atoms. The van der Waals surface area contributed by atoms with E-state index in [1.807, 2.05) is 6.92 Å². The maximum absolute atomic E-state index is 12.3. The third kappa shape index (κ3) is 3.44. The van der Waals surface area contributed by atoms with Gasteiger partial charge in [-0.25, -0.2) is 4.79 Å². The molecule has 1 amide bonds. The molecular formula is C18H21N5O3. The van der Waals surface area contributed by atoms with E-state index < -0.39 is 5.69 Å². The van der Waals surface area contributed by atoms with Gasteiger partial charge in [-0.2, -0.15) is 5.10 Å². The average Bonchev–Trinajstić information content (AvgIpc) is 3.03. The predicted octanol–water partition coefficient (Wildman–Crippen LogP) is 1.10. The summed E-state index contributed by atoms with van der Waals surface area (Å²) in [7, 11) is 0. The lowest BCUT2D eigenvalue weighted by atomic mass is 10.1. The lowest BCUT2D eigenvalue weighted by molar-refractivity contribution is 0.0953. The molecule has 3 rings (SSSR count). The van der Waals surface area contributed by atoms with Crippen LogP contribution in [0.2, 0.25) is 0 Å². The minimum absolute atomic E-state index is 0.240. The van der Waals surface area contributed by atoms with Gasteiger partial charge >= 0.3 is 5.69 Å². The molecule has 3 aromatic rings. The van der Waals surface area contributed by atoms with Crippen LogP contribution in [0, 0.1) is 6.92 Å². The summed E-state index contributed by atoms with van der Waals surface area (Å²) >= 11 is 0. The van der Waals surface area contributed by atoms with E-state index in [0.717, 1.165) is 28.7 Å². The Labute approximate surface area is 149 Å². The third-order valence-corrected chi connectivity index (χ3v) is 4.40. The summed E-state index contributed by atoms with van der Waals surface area (Å²) in [5, 5.41) is 10.1. The number of nitrogens with one attached hydrogen (secondary N) is 3. The summed E-state index contributed by atoms with van der Waals surface area (Å²) < 4.78 is 1.12. The van der Waals surface area contributed by atoms with E-state index >= 15 is 0 Å². The number of hydrogen-bond donors (Lipinski definition) is 3. The standard InChI is InChI=1S/C18H21N5O3/c1-3-23-17(25)14-7-6-12(9-15(14)21-18(23)26)16(24)19-8-4-5-13-10-20-22-11(13)2/h6-7,9-10H,3-5,8H2,1-2H3,(H,19,24)(H,20,22)(H,21,26). The van der Waals surface area contributed by atoms with Gasteiger partial charge in [0.1, 0.15) is 0 Å². The van der Waals surface area contributed by atoms with E-state index in [-0.39, 0.29) is 11.5 Å². The van der Waals surface area contributed by atoms with E-state index in [9.17, 15) is 14.4 Å². The van der Waals surface area contributed by atoms with Gasteiger partial charge in [0.2, 0.25) is 0 Å². The van der Waals surface area contributed by atoms with Gasteiger partial charge in [-0.1, -0.05) is 0 Å². The molecule has 8 heteroatoms. The van der Waals surface area contributed by atoms with Crippen LogP contribution in [-0.2, 0) is 13.0 Å². The average molecular weight is 355 g/mol. The molecule has 0 radical (unpaired) electrons. The fraction of sp³-hybridized carbons (Fsp3) is 0.333. The molecule has 3 N–H and O–H groups in total. The van der Waals surface area contributed by atoms with Crippen LogP contribution in [0.15, 0.2) is 34.0 Å². The second-order valence-electron chi connectivity index (χ2n) is 6.12. The molecule has 26 heavy (non-hydrogen) atoms. The summed E-state index contributed by atoms with van der Waals surface area (Å²) in [4.78, 5) is 39.1. The molecule has 0 saturated carbocycles. The molecule has 0 spiro atoms. The molecule has 1 aromatic carbocycles. The van der Waals surface area contributed by atoms with Crippen LogP contribution >= 0.6 is 0 Å². The molecule has 0 saturated heterocycles. The highest BCUT2D eigenvalue weighted by Gasteiger charge is 2.10. The molecule has 0 atom stereocenters. The molecule has 2 aromatic heterocycles. The maximum atomic E-state index is 12.3. The van der Waals surface area contributed by atoms with Crippen LogP contribution in [0.3, 0.4) is 0 Å². The van der Waals surface area contributed by atoms with Gasteiger partial charge in [0.05, 0.1) is 17.1 Å². The smallest absolute Gasteiger partial charge is 0.328 e. The van der Waals surface area contributed by atoms with Crippen molar-refractivity contribution in [1.29, 1.82) is 0 Å². The summed E-state index contributed by atoms with van der Waals surface area (Å²) in [6.45, 7) is 4.51.